The van der Waals surface area contributed by atoms with E-state index in [0.29, 0.717) is 17.1 Å². The molecule has 2 aromatic carbocycles. The van der Waals surface area contributed by atoms with Gasteiger partial charge in [-0.1, -0.05) is 29.8 Å². The maximum atomic E-state index is 12.9. The van der Waals surface area contributed by atoms with E-state index in [1.165, 1.54) is 12.1 Å². The van der Waals surface area contributed by atoms with Crippen molar-refractivity contribution in [1.82, 2.24) is 5.32 Å². The van der Waals surface area contributed by atoms with Gasteiger partial charge >= 0.3 is 6.18 Å². The molecule has 3 N–H and O–H groups in total. The molecule has 0 aliphatic rings. The molecule has 6 heteroatoms. The minimum atomic E-state index is -4.36. The Morgan fingerprint density at radius 2 is 1.83 bits per heavy atom. The van der Waals surface area contributed by atoms with Gasteiger partial charge in [0.05, 0.1) is 5.56 Å². The van der Waals surface area contributed by atoms with Crippen LogP contribution in [0.3, 0.4) is 0 Å². The van der Waals surface area contributed by atoms with Crippen molar-refractivity contribution in [2.75, 3.05) is 19.6 Å². The molecule has 0 unspecified atom stereocenters. The molecule has 0 saturated heterocycles. The molecule has 2 nitrogen and oxygen atoms in total. The normalized spacial score (nSPS) is 11.7. The number of benzene rings is 2. The van der Waals surface area contributed by atoms with Crippen molar-refractivity contribution in [3.8, 4) is 11.1 Å². The van der Waals surface area contributed by atoms with E-state index in [1.54, 1.807) is 18.2 Å². The lowest BCUT2D eigenvalue weighted by Crippen LogP contribution is -2.23. The van der Waals surface area contributed by atoms with Crippen LogP contribution in [0.5, 0.6) is 0 Å². The van der Waals surface area contributed by atoms with Gasteiger partial charge in [0.1, 0.15) is 0 Å². The van der Waals surface area contributed by atoms with E-state index in [4.69, 9.17) is 17.3 Å². The molecule has 0 heterocycles. The predicted octanol–water partition coefficient (Wildman–Crippen LogP) is 4.51. The Kier molecular flexibility index (Phi) is 6.66. The highest BCUT2D eigenvalue weighted by atomic mass is 35.5. The monoisotopic (exact) mass is 356 g/mol. The molecule has 2 rings (SSSR count). The van der Waals surface area contributed by atoms with Crippen LogP contribution >= 0.6 is 11.6 Å². The molecular formula is C18H20ClF3N2. The smallest absolute Gasteiger partial charge is 0.329 e. The molecule has 24 heavy (non-hydrogen) atoms. The van der Waals surface area contributed by atoms with Crippen LogP contribution in [-0.2, 0) is 12.6 Å². The SMILES string of the molecule is NCCNCCCc1ccc(Cl)cc1-c1cccc(C(F)(F)F)c1. The fourth-order valence-corrected chi connectivity index (χ4v) is 2.70. The number of hydrogen-bond acceptors (Lipinski definition) is 2. The van der Waals surface area contributed by atoms with Crippen LogP contribution in [0.1, 0.15) is 17.5 Å². The second kappa shape index (κ2) is 8.51. The number of alkyl halides is 3. The van der Waals surface area contributed by atoms with Crippen molar-refractivity contribution >= 4 is 11.6 Å². The Morgan fingerprint density at radius 3 is 2.54 bits per heavy atom. The summed E-state index contributed by atoms with van der Waals surface area (Å²) in [6, 6.07) is 10.7. The van der Waals surface area contributed by atoms with E-state index < -0.39 is 11.7 Å². The molecule has 2 aromatic rings. The van der Waals surface area contributed by atoms with Crippen molar-refractivity contribution in [2.45, 2.75) is 19.0 Å². The van der Waals surface area contributed by atoms with Gasteiger partial charge in [-0.2, -0.15) is 13.2 Å². The lowest BCUT2D eigenvalue weighted by Gasteiger charge is -2.13. The van der Waals surface area contributed by atoms with E-state index in [1.807, 2.05) is 6.07 Å². The molecule has 0 aliphatic heterocycles. The summed E-state index contributed by atoms with van der Waals surface area (Å²) in [5, 5.41) is 3.71. The zero-order valence-electron chi connectivity index (χ0n) is 13.2. The third kappa shape index (κ3) is 5.23. The number of hydrogen-bond donors (Lipinski definition) is 2. The molecule has 0 amide bonds. The number of nitrogens with two attached hydrogens (primary N) is 1. The minimum absolute atomic E-state index is 0.507. The van der Waals surface area contributed by atoms with Crippen molar-refractivity contribution in [2.24, 2.45) is 5.73 Å². The van der Waals surface area contributed by atoms with Gasteiger partial charge in [0.2, 0.25) is 0 Å². The first-order valence-corrected chi connectivity index (χ1v) is 8.16. The average Bonchev–Trinajstić information content (AvgIpc) is 2.55. The molecule has 130 valence electrons. The molecule has 0 aliphatic carbocycles. The maximum absolute atomic E-state index is 12.9. The highest BCUT2D eigenvalue weighted by Gasteiger charge is 2.30. The van der Waals surface area contributed by atoms with E-state index in [9.17, 15) is 13.2 Å². The van der Waals surface area contributed by atoms with E-state index in [2.05, 4.69) is 5.32 Å². The minimum Gasteiger partial charge on any atom is -0.329 e. The number of aryl methyl sites for hydroxylation is 1. The lowest BCUT2D eigenvalue weighted by atomic mass is 9.95. The van der Waals surface area contributed by atoms with Gasteiger partial charge in [0.25, 0.3) is 0 Å². The summed E-state index contributed by atoms with van der Waals surface area (Å²) in [4.78, 5) is 0. The topological polar surface area (TPSA) is 38.0 Å². The van der Waals surface area contributed by atoms with E-state index in [0.717, 1.165) is 43.1 Å². The van der Waals surface area contributed by atoms with Crippen LogP contribution in [0.2, 0.25) is 5.02 Å². The Labute approximate surface area is 144 Å². The summed E-state index contributed by atoms with van der Waals surface area (Å²) in [6.45, 7) is 2.14. The first kappa shape index (κ1) is 18.8. The quantitative estimate of drug-likeness (QED) is 0.716. The van der Waals surface area contributed by atoms with Crippen LogP contribution in [0.4, 0.5) is 13.2 Å². The highest BCUT2D eigenvalue weighted by Crippen LogP contribution is 2.34. The van der Waals surface area contributed by atoms with Crippen molar-refractivity contribution in [3.05, 3.63) is 58.6 Å². The third-order valence-corrected chi connectivity index (χ3v) is 3.93. The number of halogens is 4. The largest absolute Gasteiger partial charge is 0.416 e. The third-order valence-electron chi connectivity index (χ3n) is 3.69. The van der Waals surface area contributed by atoms with Crippen LogP contribution in [-0.4, -0.2) is 19.6 Å². The van der Waals surface area contributed by atoms with Crippen LogP contribution < -0.4 is 11.1 Å². The van der Waals surface area contributed by atoms with Crippen LogP contribution in [0.25, 0.3) is 11.1 Å². The first-order valence-electron chi connectivity index (χ1n) is 7.78. The number of rotatable bonds is 7. The van der Waals surface area contributed by atoms with Crippen LogP contribution in [0.15, 0.2) is 42.5 Å². The van der Waals surface area contributed by atoms with Gasteiger partial charge in [0, 0.05) is 18.1 Å². The summed E-state index contributed by atoms with van der Waals surface area (Å²) in [6.07, 6.45) is -2.74. The summed E-state index contributed by atoms with van der Waals surface area (Å²) in [5.41, 5.74) is 7.01. The molecule has 0 radical (unpaired) electrons. The van der Waals surface area contributed by atoms with Gasteiger partial charge in [0.15, 0.2) is 0 Å². The van der Waals surface area contributed by atoms with Crippen molar-refractivity contribution in [3.63, 3.8) is 0 Å². The Bertz CT molecular complexity index is 672. The molecular weight excluding hydrogens is 337 g/mol. The van der Waals surface area contributed by atoms with E-state index >= 15 is 0 Å². The maximum Gasteiger partial charge on any atom is 0.416 e. The Hall–Kier alpha value is -1.56. The molecule has 0 aromatic heterocycles. The summed E-state index contributed by atoms with van der Waals surface area (Å²) in [5.74, 6) is 0. The van der Waals surface area contributed by atoms with Gasteiger partial charge in [-0.3, -0.25) is 0 Å². The average molecular weight is 357 g/mol. The van der Waals surface area contributed by atoms with Gasteiger partial charge in [-0.05, 0) is 60.3 Å². The summed E-state index contributed by atoms with van der Waals surface area (Å²) >= 11 is 6.05. The Balaban J connectivity index is 2.24. The summed E-state index contributed by atoms with van der Waals surface area (Å²) < 4.78 is 38.8. The second-order valence-corrected chi connectivity index (χ2v) is 5.96. The van der Waals surface area contributed by atoms with E-state index in [-0.39, 0.29) is 0 Å². The second-order valence-electron chi connectivity index (χ2n) is 5.52. The van der Waals surface area contributed by atoms with Gasteiger partial charge < -0.3 is 11.1 Å². The zero-order chi connectivity index (χ0) is 17.6. The molecule has 0 saturated carbocycles. The molecule has 0 atom stereocenters. The summed E-state index contributed by atoms with van der Waals surface area (Å²) in [7, 11) is 0. The first-order chi connectivity index (χ1) is 11.4. The Morgan fingerprint density at radius 1 is 1.04 bits per heavy atom. The van der Waals surface area contributed by atoms with Gasteiger partial charge in [-0.15, -0.1) is 0 Å². The highest BCUT2D eigenvalue weighted by molar-refractivity contribution is 6.30. The van der Waals surface area contributed by atoms with Gasteiger partial charge in [-0.25, -0.2) is 0 Å². The fraction of sp³-hybridized carbons (Fsp3) is 0.333. The molecule has 0 spiro atoms. The zero-order valence-corrected chi connectivity index (χ0v) is 13.9. The lowest BCUT2D eigenvalue weighted by molar-refractivity contribution is -0.137. The number of nitrogens with one attached hydrogen (secondary N) is 1. The standard InChI is InChI=1S/C18H20ClF3N2/c19-16-7-6-13(4-2-9-24-10-8-23)17(12-16)14-3-1-5-15(11-14)18(20,21)22/h1,3,5-7,11-12,24H,2,4,8-10,23H2. The van der Waals surface area contributed by atoms with Crippen molar-refractivity contribution < 1.29 is 13.2 Å². The predicted molar refractivity (Wildman–Crippen MR) is 92.1 cm³/mol. The van der Waals surface area contributed by atoms with Crippen molar-refractivity contribution in [1.29, 1.82) is 0 Å². The molecule has 0 fully saturated rings. The fourth-order valence-electron chi connectivity index (χ4n) is 2.53. The molecule has 0 bridgehead atoms. The van der Waals surface area contributed by atoms with Crippen LogP contribution in [0, 0.1) is 0 Å².